The minimum absolute atomic E-state index is 0. The van der Waals surface area contributed by atoms with Crippen LogP contribution in [0.4, 0.5) is 0 Å². The molecule has 2 rings (SSSR count). The van der Waals surface area contributed by atoms with Crippen LogP contribution >= 0.6 is 24.0 Å². The third-order valence-corrected chi connectivity index (χ3v) is 4.41. The number of nitrogens with zero attached hydrogens (tertiary/aromatic N) is 3. The highest BCUT2D eigenvalue weighted by Crippen LogP contribution is 2.13. The molecule has 150 valence electrons. The Morgan fingerprint density at radius 1 is 1.19 bits per heavy atom. The van der Waals surface area contributed by atoms with Crippen LogP contribution in [0.1, 0.15) is 43.7 Å². The zero-order chi connectivity index (χ0) is 18.9. The number of likely N-dealkylation sites (N-methyl/N-ethyl adjacent to an activating group) is 1. The summed E-state index contributed by atoms with van der Waals surface area (Å²) in [7, 11) is 3.91. The summed E-state index contributed by atoms with van der Waals surface area (Å²) < 4.78 is 5.35. The maximum absolute atomic E-state index is 5.35. The van der Waals surface area contributed by atoms with Crippen molar-refractivity contribution in [1.29, 1.82) is 0 Å². The zero-order valence-corrected chi connectivity index (χ0v) is 19.2. The Bertz CT molecular complexity index is 687. The summed E-state index contributed by atoms with van der Waals surface area (Å²) in [5, 5.41) is 10.7. The smallest absolute Gasteiger partial charge is 0.191 e. The zero-order valence-electron chi connectivity index (χ0n) is 16.9. The van der Waals surface area contributed by atoms with E-state index in [1.54, 1.807) is 7.05 Å². The molecule has 7 heteroatoms. The maximum atomic E-state index is 5.35. The van der Waals surface area contributed by atoms with E-state index in [0.717, 1.165) is 30.5 Å². The van der Waals surface area contributed by atoms with Gasteiger partial charge in [-0.25, -0.2) is 0 Å². The molecule has 0 aliphatic carbocycles. The predicted octanol–water partition coefficient (Wildman–Crippen LogP) is 3.60. The highest BCUT2D eigenvalue weighted by molar-refractivity contribution is 14.0. The fraction of sp³-hybridized carbons (Fsp3) is 0.500. The molecule has 1 aromatic heterocycles. The van der Waals surface area contributed by atoms with Crippen LogP contribution in [0.15, 0.2) is 45.9 Å². The average molecular weight is 485 g/mol. The Labute approximate surface area is 179 Å². The lowest BCUT2D eigenvalue weighted by atomic mass is 10.1. The lowest BCUT2D eigenvalue weighted by molar-refractivity contribution is 0.249. The first-order valence-corrected chi connectivity index (χ1v) is 9.13. The van der Waals surface area contributed by atoms with E-state index >= 15 is 0 Å². The fourth-order valence-corrected chi connectivity index (χ4v) is 2.50. The van der Waals surface area contributed by atoms with Gasteiger partial charge < -0.3 is 15.2 Å². The average Bonchev–Trinajstić information content (AvgIpc) is 3.12. The van der Waals surface area contributed by atoms with Crippen LogP contribution in [0.25, 0.3) is 0 Å². The molecule has 0 aliphatic heterocycles. The van der Waals surface area contributed by atoms with Gasteiger partial charge in [0.25, 0.3) is 0 Å². The van der Waals surface area contributed by atoms with Gasteiger partial charge in [0, 0.05) is 32.2 Å². The van der Waals surface area contributed by atoms with Crippen molar-refractivity contribution in [2.45, 2.75) is 45.8 Å². The van der Waals surface area contributed by atoms with Gasteiger partial charge in [0.05, 0.1) is 12.2 Å². The lowest BCUT2D eigenvalue weighted by Gasteiger charge is -2.25. The van der Waals surface area contributed by atoms with Crippen molar-refractivity contribution in [1.82, 2.24) is 20.7 Å². The molecule has 1 aromatic carbocycles. The number of rotatable bonds is 8. The van der Waals surface area contributed by atoms with Crippen molar-refractivity contribution in [2.75, 3.05) is 20.6 Å². The monoisotopic (exact) mass is 485 g/mol. The largest absolute Gasteiger partial charge is 0.359 e. The van der Waals surface area contributed by atoms with Gasteiger partial charge in [-0.1, -0.05) is 49.3 Å². The first kappa shape index (κ1) is 23.4. The quantitative estimate of drug-likeness (QED) is 0.340. The lowest BCUT2D eigenvalue weighted by Crippen LogP contribution is -2.44. The molecule has 0 amide bonds. The Balaban J connectivity index is 0.00000364. The van der Waals surface area contributed by atoms with Crippen LogP contribution < -0.4 is 10.6 Å². The van der Waals surface area contributed by atoms with Gasteiger partial charge in [-0.05, 0) is 25.5 Å². The van der Waals surface area contributed by atoms with Gasteiger partial charge in [-0.3, -0.25) is 9.89 Å². The van der Waals surface area contributed by atoms with Crippen LogP contribution in [-0.4, -0.2) is 42.7 Å². The molecule has 1 unspecified atom stereocenters. The molecule has 27 heavy (non-hydrogen) atoms. The molecule has 0 bridgehead atoms. The Hall–Kier alpha value is -1.61. The molecule has 0 spiro atoms. The molecule has 0 saturated carbocycles. The molecule has 0 aliphatic rings. The standard InChI is InChI=1S/C20H31N5O.HI/c1-15(2)19-11-18(26-24-19)13-23-20(21-4)22-12-16(3)25(5)14-17-9-7-6-8-10-17;/h6-11,15-16H,12-14H2,1-5H3,(H2,21,22,23);1H. The number of hydrogen-bond donors (Lipinski definition) is 2. The summed E-state index contributed by atoms with van der Waals surface area (Å²) in [5.41, 5.74) is 2.29. The van der Waals surface area contributed by atoms with Gasteiger partial charge in [0.15, 0.2) is 11.7 Å². The normalized spacial score (nSPS) is 12.8. The van der Waals surface area contributed by atoms with Crippen LogP contribution in [0.3, 0.4) is 0 Å². The first-order chi connectivity index (χ1) is 12.5. The summed E-state index contributed by atoms with van der Waals surface area (Å²) in [4.78, 5) is 6.59. The highest BCUT2D eigenvalue weighted by atomic mass is 127. The molecule has 2 N–H and O–H groups in total. The minimum Gasteiger partial charge on any atom is -0.359 e. The van der Waals surface area contributed by atoms with Crippen LogP contribution in [-0.2, 0) is 13.1 Å². The minimum atomic E-state index is 0. The fourth-order valence-electron chi connectivity index (χ4n) is 2.50. The number of hydrogen-bond acceptors (Lipinski definition) is 4. The van der Waals surface area contributed by atoms with Crippen molar-refractivity contribution < 1.29 is 4.52 Å². The summed E-state index contributed by atoms with van der Waals surface area (Å²) in [5.74, 6) is 1.93. The van der Waals surface area contributed by atoms with E-state index in [2.05, 4.69) is 77.8 Å². The Morgan fingerprint density at radius 3 is 2.48 bits per heavy atom. The van der Waals surface area contributed by atoms with E-state index in [4.69, 9.17) is 4.52 Å². The molecular weight excluding hydrogens is 453 g/mol. The molecular formula is C20H32IN5O. The van der Waals surface area contributed by atoms with E-state index in [-0.39, 0.29) is 24.0 Å². The molecule has 1 atom stereocenters. The SMILES string of the molecule is CN=C(NCc1cc(C(C)C)no1)NCC(C)N(C)Cc1ccccc1.I. The first-order valence-electron chi connectivity index (χ1n) is 9.13. The maximum Gasteiger partial charge on any atom is 0.191 e. The summed E-state index contributed by atoms with van der Waals surface area (Å²) in [6.45, 7) is 8.69. The van der Waals surface area contributed by atoms with E-state index in [9.17, 15) is 0 Å². The van der Waals surface area contributed by atoms with E-state index in [0.29, 0.717) is 18.5 Å². The van der Waals surface area contributed by atoms with Crippen molar-refractivity contribution in [3.8, 4) is 0 Å². The Morgan fingerprint density at radius 2 is 1.89 bits per heavy atom. The van der Waals surface area contributed by atoms with Crippen molar-refractivity contribution in [2.24, 2.45) is 4.99 Å². The Kier molecular flexibility index (Phi) is 10.4. The third-order valence-electron chi connectivity index (χ3n) is 4.41. The second-order valence-electron chi connectivity index (χ2n) is 6.93. The van der Waals surface area contributed by atoms with E-state index in [1.807, 2.05) is 12.1 Å². The van der Waals surface area contributed by atoms with Gasteiger partial charge >= 0.3 is 0 Å². The second kappa shape index (κ2) is 12.0. The predicted molar refractivity (Wildman–Crippen MR) is 122 cm³/mol. The number of guanidine groups is 1. The number of aliphatic imine (C=N–C) groups is 1. The van der Waals surface area contributed by atoms with E-state index in [1.165, 1.54) is 5.56 Å². The van der Waals surface area contributed by atoms with Crippen LogP contribution in [0, 0.1) is 0 Å². The summed E-state index contributed by atoms with van der Waals surface area (Å²) in [6.07, 6.45) is 0. The topological polar surface area (TPSA) is 65.7 Å². The number of aromatic nitrogens is 1. The number of nitrogens with one attached hydrogen (secondary N) is 2. The van der Waals surface area contributed by atoms with Gasteiger partial charge in [-0.15, -0.1) is 24.0 Å². The van der Waals surface area contributed by atoms with Gasteiger partial charge in [-0.2, -0.15) is 0 Å². The molecule has 2 aromatic rings. The molecule has 1 heterocycles. The van der Waals surface area contributed by atoms with Gasteiger partial charge in [0.2, 0.25) is 0 Å². The van der Waals surface area contributed by atoms with Crippen molar-refractivity contribution in [3.05, 3.63) is 53.4 Å². The molecule has 0 saturated heterocycles. The molecule has 0 fully saturated rings. The van der Waals surface area contributed by atoms with Crippen LogP contribution in [0.5, 0.6) is 0 Å². The summed E-state index contributed by atoms with van der Waals surface area (Å²) >= 11 is 0. The summed E-state index contributed by atoms with van der Waals surface area (Å²) in [6, 6.07) is 12.9. The molecule has 0 radical (unpaired) electrons. The number of benzene rings is 1. The third kappa shape index (κ3) is 7.88. The number of halogens is 1. The molecule has 6 nitrogen and oxygen atoms in total. The van der Waals surface area contributed by atoms with Gasteiger partial charge in [0.1, 0.15) is 0 Å². The van der Waals surface area contributed by atoms with Crippen LogP contribution in [0.2, 0.25) is 0 Å². The van der Waals surface area contributed by atoms with E-state index < -0.39 is 0 Å². The second-order valence-corrected chi connectivity index (χ2v) is 6.93. The highest BCUT2D eigenvalue weighted by Gasteiger charge is 2.11. The van der Waals surface area contributed by atoms with Crippen molar-refractivity contribution in [3.63, 3.8) is 0 Å². The van der Waals surface area contributed by atoms with Crippen molar-refractivity contribution >= 4 is 29.9 Å².